The molecule has 0 spiro atoms. The van der Waals surface area contributed by atoms with Crippen molar-refractivity contribution in [2.45, 2.75) is 58.0 Å². The third-order valence-corrected chi connectivity index (χ3v) is 16.6. The zero-order chi connectivity index (χ0) is 52.3. The van der Waals surface area contributed by atoms with Crippen LogP contribution in [0.5, 0.6) is 0 Å². The largest absolute Gasteiger partial charge is 0.465 e. The lowest BCUT2D eigenvalue weighted by atomic mass is 9.81. The van der Waals surface area contributed by atoms with Gasteiger partial charge in [0.05, 0.1) is 24.0 Å². The molecule has 2 aliphatic carbocycles. The van der Waals surface area contributed by atoms with E-state index >= 15 is 0 Å². The highest BCUT2D eigenvalue weighted by Gasteiger charge is 2.38. The molecule has 2 aliphatic rings. The van der Waals surface area contributed by atoms with Gasteiger partial charge >= 0.3 is 5.97 Å². The Morgan fingerprint density at radius 1 is 0.395 bits per heavy atom. The van der Waals surface area contributed by atoms with Gasteiger partial charge in [0.2, 0.25) is 0 Å². The lowest BCUT2D eigenvalue weighted by Crippen LogP contribution is -2.17. The van der Waals surface area contributed by atoms with Crippen molar-refractivity contribution in [3.05, 3.63) is 240 Å². The molecule has 370 valence electrons. The maximum absolute atomic E-state index is 12.3. The number of ether oxygens (including phenoxy) is 1. The van der Waals surface area contributed by atoms with E-state index < -0.39 is 5.60 Å². The highest BCUT2D eigenvalue weighted by Crippen LogP contribution is 2.54. The Kier molecular flexibility index (Phi) is 10.8. The zero-order valence-electron chi connectivity index (χ0n) is 43.9. The fourth-order valence-electron chi connectivity index (χ4n) is 12.7. The van der Waals surface area contributed by atoms with Crippen LogP contribution in [0.4, 0.5) is 22.7 Å². The Balaban J connectivity index is 0.000000146. The number of hydrogen-bond donors (Lipinski definition) is 3. The molecule has 0 unspecified atom stereocenters. The number of anilines is 4. The van der Waals surface area contributed by atoms with Crippen LogP contribution in [-0.4, -0.2) is 18.2 Å². The van der Waals surface area contributed by atoms with E-state index in [0.29, 0.717) is 5.56 Å². The number of carbonyl (C=O) groups is 1. The Morgan fingerprint density at radius 3 is 1.13 bits per heavy atom. The van der Waals surface area contributed by atoms with Crippen LogP contribution in [0, 0.1) is 0 Å². The van der Waals surface area contributed by atoms with Crippen molar-refractivity contribution in [1.29, 1.82) is 0 Å². The summed E-state index contributed by atoms with van der Waals surface area (Å²) in [7, 11) is 1.41. The third kappa shape index (κ3) is 7.36. The average Bonchev–Trinajstić information content (AvgIpc) is 4.02. The van der Waals surface area contributed by atoms with Crippen LogP contribution < -0.4 is 10.6 Å². The molecule has 0 bridgehead atoms. The van der Waals surface area contributed by atoms with Crippen LogP contribution in [0.25, 0.3) is 86.9 Å². The minimum Gasteiger partial charge on any atom is -0.465 e. The van der Waals surface area contributed by atoms with Gasteiger partial charge in [0.25, 0.3) is 0 Å². The number of para-hydroxylation sites is 2. The highest BCUT2D eigenvalue weighted by molar-refractivity contribution is 6.27. The van der Waals surface area contributed by atoms with Crippen molar-refractivity contribution in [3.8, 4) is 22.3 Å². The second-order valence-corrected chi connectivity index (χ2v) is 22.2. The second-order valence-electron chi connectivity index (χ2n) is 22.2. The smallest absolute Gasteiger partial charge is 0.339 e. The SMILES string of the molecule is CC(C)(O)c1ccccc1Nc1ccc2c(c1)C(C)(C)c1cc3c4ccccc4c4ccccc4c3cc1-2.COC(=O)c1ccccc1Nc1ccc2c(c1)C(C)(C)c1cc3c4ccccc4c4ccccc4c3cc1-2. The van der Waals surface area contributed by atoms with Gasteiger partial charge in [-0.15, -0.1) is 0 Å². The van der Waals surface area contributed by atoms with Crippen molar-refractivity contribution in [2.24, 2.45) is 0 Å². The first kappa shape index (κ1) is 47.0. The summed E-state index contributed by atoms with van der Waals surface area (Å²) >= 11 is 0. The maximum Gasteiger partial charge on any atom is 0.339 e. The van der Waals surface area contributed by atoms with Gasteiger partial charge in [-0.1, -0.05) is 167 Å². The number of nitrogens with one attached hydrogen (secondary N) is 2. The summed E-state index contributed by atoms with van der Waals surface area (Å²) in [5.74, 6) is -0.354. The molecule has 0 radical (unpaired) electrons. The fraction of sp³-hybridized carbons (Fsp3) is 0.141. The Bertz CT molecular complexity index is 4400. The number of esters is 1. The average molecular weight is 987 g/mol. The number of benzene rings is 12. The summed E-state index contributed by atoms with van der Waals surface area (Å²) in [6.45, 7) is 12.9. The van der Waals surface area contributed by atoms with E-state index in [4.69, 9.17) is 4.74 Å². The second kappa shape index (κ2) is 17.4. The molecule has 0 heterocycles. The standard InChI is InChI=1S/C36H31NO.C35H27NO2/c1-35(2)32-19-22(37-34-16-10-9-15-31(34)36(3,4)38)17-18-27(32)30-20-28-25-13-7-5-11-23(25)24-12-6-8-14-26(24)29(28)21-33(30)35;1-35(2)31-18-21(36-33-15-9-8-14-27(33)34(37)38-3)16-17-26(31)30-19-28-24-12-6-4-10-22(24)23-11-5-7-13-25(23)29(28)20-32(30)35/h5-21,37-38H,1-4H3;4-20,36H,1-3H3. The molecule has 0 aliphatic heterocycles. The van der Waals surface area contributed by atoms with Crippen LogP contribution in [0.3, 0.4) is 0 Å². The first-order valence-electron chi connectivity index (χ1n) is 26.3. The van der Waals surface area contributed by atoms with Gasteiger partial charge in [0, 0.05) is 33.5 Å². The molecule has 12 aromatic rings. The summed E-state index contributed by atoms with van der Waals surface area (Å²) in [6.07, 6.45) is 0. The molecule has 0 atom stereocenters. The molecule has 0 saturated heterocycles. The topological polar surface area (TPSA) is 70.6 Å². The van der Waals surface area contributed by atoms with Crippen LogP contribution >= 0.6 is 0 Å². The summed E-state index contributed by atoms with van der Waals surface area (Å²) in [4.78, 5) is 12.3. The molecule has 14 rings (SSSR count). The first-order valence-corrected chi connectivity index (χ1v) is 26.3. The van der Waals surface area contributed by atoms with E-state index in [1.165, 1.54) is 116 Å². The monoisotopic (exact) mass is 986 g/mol. The van der Waals surface area contributed by atoms with E-state index in [2.05, 4.69) is 196 Å². The summed E-state index contributed by atoms with van der Waals surface area (Å²) in [6, 6.07) is 73.4. The van der Waals surface area contributed by atoms with E-state index in [1.54, 1.807) is 6.07 Å². The molecule has 0 amide bonds. The van der Waals surface area contributed by atoms with E-state index in [-0.39, 0.29) is 16.8 Å². The van der Waals surface area contributed by atoms with Gasteiger partial charge in [0.15, 0.2) is 0 Å². The molecular formula is C71H58N2O3. The van der Waals surface area contributed by atoms with Crippen LogP contribution in [-0.2, 0) is 21.2 Å². The Morgan fingerprint density at radius 2 is 0.724 bits per heavy atom. The van der Waals surface area contributed by atoms with Gasteiger partial charge in [-0.3, -0.25) is 0 Å². The highest BCUT2D eigenvalue weighted by atomic mass is 16.5. The molecule has 0 saturated carbocycles. The van der Waals surface area contributed by atoms with Gasteiger partial charge in [-0.25, -0.2) is 4.79 Å². The van der Waals surface area contributed by atoms with Crippen LogP contribution in [0.1, 0.15) is 79.7 Å². The number of fused-ring (bicyclic) bond motifs is 18. The van der Waals surface area contributed by atoms with Crippen molar-refractivity contribution in [2.75, 3.05) is 17.7 Å². The number of methoxy groups -OCH3 is 1. The quantitative estimate of drug-likeness (QED) is 0.114. The number of carbonyl (C=O) groups excluding carboxylic acids is 1. The molecule has 5 nitrogen and oxygen atoms in total. The number of rotatable bonds is 6. The predicted molar refractivity (Wildman–Crippen MR) is 319 cm³/mol. The van der Waals surface area contributed by atoms with Crippen molar-refractivity contribution < 1.29 is 14.6 Å². The summed E-state index contributed by atoms with van der Waals surface area (Å²) < 4.78 is 4.98. The number of aliphatic hydroxyl groups is 1. The van der Waals surface area contributed by atoms with Crippen molar-refractivity contribution in [1.82, 2.24) is 0 Å². The van der Waals surface area contributed by atoms with Crippen LogP contribution in [0.15, 0.2) is 206 Å². The normalized spacial score (nSPS) is 13.8. The molecule has 0 aromatic heterocycles. The minimum atomic E-state index is -0.929. The van der Waals surface area contributed by atoms with Gasteiger partial charge in [-0.2, -0.15) is 0 Å². The number of hydrogen-bond acceptors (Lipinski definition) is 5. The molecule has 0 fully saturated rings. The molecule has 3 N–H and O–H groups in total. The van der Waals surface area contributed by atoms with Gasteiger partial charge in [0.1, 0.15) is 0 Å². The lowest BCUT2D eigenvalue weighted by Gasteiger charge is -2.24. The lowest BCUT2D eigenvalue weighted by molar-refractivity contribution is 0.0601. The van der Waals surface area contributed by atoms with Crippen LogP contribution in [0.2, 0.25) is 0 Å². The van der Waals surface area contributed by atoms with Gasteiger partial charge < -0.3 is 20.5 Å². The van der Waals surface area contributed by atoms with Crippen molar-refractivity contribution >= 4 is 93.4 Å². The predicted octanol–water partition coefficient (Wildman–Crippen LogP) is 18.4. The van der Waals surface area contributed by atoms with E-state index in [1.807, 2.05) is 56.3 Å². The zero-order valence-corrected chi connectivity index (χ0v) is 43.9. The molecule has 5 heteroatoms. The molecular weight excluding hydrogens is 929 g/mol. The third-order valence-electron chi connectivity index (χ3n) is 16.6. The van der Waals surface area contributed by atoms with Crippen molar-refractivity contribution in [3.63, 3.8) is 0 Å². The first-order chi connectivity index (χ1) is 36.7. The minimum absolute atomic E-state index is 0.140. The maximum atomic E-state index is 12.3. The van der Waals surface area contributed by atoms with E-state index in [0.717, 1.165) is 28.3 Å². The summed E-state index contributed by atoms with van der Waals surface area (Å²) in [5, 5.41) is 33.3. The van der Waals surface area contributed by atoms with Gasteiger partial charge in [-0.05, 0) is 190 Å². The summed E-state index contributed by atoms with van der Waals surface area (Å²) in [5.41, 5.74) is 14.3. The molecule has 12 aromatic carbocycles. The molecule has 76 heavy (non-hydrogen) atoms. The Hall–Kier alpha value is -8.77. The fourth-order valence-corrected chi connectivity index (χ4v) is 12.7. The Labute approximate surface area is 443 Å². The van der Waals surface area contributed by atoms with E-state index in [9.17, 15) is 9.90 Å².